The van der Waals surface area contributed by atoms with Crippen LogP contribution in [0.2, 0.25) is 5.02 Å². The van der Waals surface area contributed by atoms with Crippen LogP contribution >= 0.6 is 11.6 Å². The maximum Gasteiger partial charge on any atom is 0.261 e. The van der Waals surface area contributed by atoms with Crippen molar-refractivity contribution in [3.05, 3.63) is 28.8 Å². The van der Waals surface area contributed by atoms with Crippen molar-refractivity contribution in [2.45, 2.75) is 32.4 Å². The molecule has 1 aromatic carbocycles. The lowest BCUT2D eigenvalue weighted by molar-refractivity contribution is -0.127. The third kappa shape index (κ3) is 2.30. The van der Waals surface area contributed by atoms with Gasteiger partial charge in [0.25, 0.3) is 5.91 Å². The molecule has 0 fully saturated rings. The van der Waals surface area contributed by atoms with Crippen LogP contribution in [0.25, 0.3) is 0 Å². The first-order valence-corrected chi connectivity index (χ1v) is 5.69. The van der Waals surface area contributed by atoms with Crippen LogP contribution in [0.1, 0.15) is 19.4 Å². The van der Waals surface area contributed by atoms with Crippen molar-refractivity contribution < 1.29 is 9.53 Å². The van der Waals surface area contributed by atoms with Crippen LogP contribution in [0.3, 0.4) is 0 Å². The molecule has 0 saturated carbocycles. The van der Waals surface area contributed by atoms with Crippen LogP contribution in [0.4, 0.5) is 0 Å². The largest absolute Gasteiger partial charge is 0.480 e. The Morgan fingerprint density at radius 2 is 2.31 bits per heavy atom. The van der Waals surface area contributed by atoms with Crippen molar-refractivity contribution in [1.29, 1.82) is 0 Å². The molecule has 1 heterocycles. The summed E-state index contributed by atoms with van der Waals surface area (Å²) in [5, 5.41) is 3.51. The summed E-state index contributed by atoms with van der Waals surface area (Å²) in [6.07, 6.45) is 0.171. The SMILES string of the molecule is CC(C)NC(=O)[C@@H]1Cc2cc(Cl)ccc2O1. The lowest BCUT2D eigenvalue weighted by Crippen LogP contribution is -2.40. The number of benzene rings is 1. The molecule has 1 aliphatic rings. The topological polar surface area (TPSA) is 38.3 Å². The van der Waals surface area contributed by atoms with E-state index < -0.39 is 6.10 Å². The maximum absolute atomic E-state index is 11.7. The summed E-state index contributed by atoms with van der Waals surface area (Å²) in [6, 6.07) is 5.55. The standard InChI is InChI=1S/C12H14ClNO2/c1-7(2)14-12(15)11-6-8-5-9(13)3-4-10(8)16-11/h3-5,7,11H,6H2,1-2H3,(H,14,15)/t11-/m0/s1. The summed E-state index contributed by atoms with van der Waals surface area (Å²) in [6.45, 7) is 3.85. The fourth-order valence-electron chi connectivity index (χ4n) is 1.74. The molecule has 4 heteroatoms. The number of rotatable bonds is 2. The molecule has 0 saturated heterocycles. The Morgan fingerprint density at radius 3 is 3.00 bits per heavy atom. The second-order valence-electron chi connectivity index (χ2n) is 4.23. The zero-order valence-corrected chi connectivity index (χ0v) is 10.0. The fourth-order valence-corrected chi connectivity index (χ4v) is 1.94. The number of carbonyl (C=O) groups excluding carboxylic acids is 1. The van der Waals surface area contributed by atoms with Gasteiger partial charge in [-0.1, -0.05) is 11.6 Å². The van der Waals surface area contributed by atoms with Gasteiger partial charge in [0.05, 0.1) is 0 Å². The smallest absolute Gasteiger partial charge is 0.261 e. The highest BCUT2D eigenvalue weighted by Gasteiger charge is 2.29. The van der Waals surface area contributed by atoms with Gasteiger partial charge in [0.15, 0.2) is 6.10 Å². The number of hydrogen-bond donors (Lipinski definition) is 1. The van der Waals surface area contributed by atoms with Crippen LogP contribution in [0, 0.1) is 0 Å². The van der Waals surface area contributed by atoms with E-state index in [-0.39, 0.29) is 11.9 Å². The van der Waals surface area contributed by atoms with Crippen molar-refractivity contribution in [3.8, 4) is 5.75 Å². The first kappa shape index (κ1) is 11.3. The van der Waals surface area contributed by atoms with Crippen molar-refractivity contribution in [1.82, 2.24) is 5.32 Å². The first-order valence-electron chi connectivity index (χ1n) is 5.31. The van der Waals surface area contributed by atoms with Crippen molar-refractivity contribution >= 4 is 17.5 Å². The van der Waals surface area contributed by atoms with Crippen LogP contribution < -0.4 is 10.1 Å². The summed E-state index contributed by atoms with van der Waals surface area (Å²) < 4.78 is 5.55. The van der Waals surface area contributed by atoms with Gasteiger partial charge in [-0.3, -0.25) is 4.79 Å². The first-order chi connectivity index (χ1) is 7.56. The van der Waals surface area contributed by atoms with Gasteiger partial charge in [0.1, 0.15) is 5.75 Å². The highest BCUT2D eigenvalue weighted by Crippen LogP contribution is 2.31. The zero-order chi connectivity index (χ0) is 11.7. The van der Waals surface area contributed by atoms with E-state index in [1.165, 1.54) is 0 Å². The van der Waals surface area contributed by atoms with Gasteiger partial charge < -0.3 is 10.1 Å². The number of hydrogen-bond acceptors (Lipinski definition) is 2. The quantitative estimate of drug-likeness (QED) is 0.859. The van der Waals surface area contributed by atoms with Crippen molar-refractivity contribution in [3.63, 3.8) is 0 Å². The molecule has 0 unspecified atom stereocenters. The highest BCUT2D eigenvalue weighted by atomic mass is 35.5. The monoisotopic (exact) mass is 239 g/mol. The fraction of sp³-hybridized carbons (Fsp3) is 0.417. The zero-order valence-electron chi connectivity index (χ0n) is 9.29. The Morgan fingerprint density at radius 1 is 1.56 bits per heavy atom. The number of ether oxygens (including phenoxy) is 1. The molecule has 1 N–H and O–H groups in total. The number of nitrogens with one attached hydrogen (secondary N) is 1. The van der Waals surface area contributed by atoms with Gasteiger partial charge in [-0.2, -0.15) is 0 Å². The predicted molar refractivity (Wildman–Crippen MR) is 62.9 cm³/mol. The molecule has 86 valence electrons. The Balaban J connectivity index is 2.08. The predicted octanol–water partition coefficient (Wildman–Crippen LogP) is 2.17. The third-order valence-corrected chi connectivity index (χ3v) is 2.66. The van der Waals surface area contributed by atoms with Gasteiger partial charge in [-0.25, -0.2) is 0 Å². The molecular formula is C12H14ClNO2. The van der Waals surface area contributed by atoms with Gasteiger partial charge in [-0.05, 0) is 37.6 Å². The van der Waals surface area contributed by atoms with Gasteiger partial charge in [0, 0.05) is 17.5 Å². The Labute approximate surface area is 99.7 Å². The normalized spacial score (nSPS) is 18.1. The molecule has 0 radical (unpaired) electrons. The molecule has 0 aromatic heterocycles. The van der Waals surface area contributed by atoms with Gasteiger partial charge in [-0.15, -0.1) is 0 Å². The van der Waals surface area contributed by atoms with Crippen LogP contribution in [0.5, 0.6) is 5.75 Å². The molecule has 0 bridgehead atoms. The van der Waals surface area contributed by atoms with E-state index in [1.54, 1.807) is 12.1 Å². The van der Waals surface area contributed by atoms with Crippen LogP contribution in [-0.2, 0) is 11.2 Å². The molecule has 3 nitrogen and oxygen atoms in total. The van der Waals surface area contributed by atoms with Crippen LogP contribution in [-0.4, -0.2) is 18.1 Å². The maximum atomic E-state index is 11.7. The molecule has 1 atom stereocenters. The molecule has 16 heavy (non-hydrogen) atoms. The lowest BCUT2D eigenvalue weighted by Gasteiger charge is -2.13. The minimum Gasteiger partial charge on any atom is -0.480 e. The molecule has 1 aromatic rings. The van der Waals surface area contributed by atoms with E-state index in [2.05, 4.69) is 5.32 Å². The lowest BCUT2D eigenvalue weighted by atomic mass is 10.1. The summed E-state index contributed by atoms with van der Waals surface area (Å²) in [5.74, 6) is 0.690. The van der Waals surface area contributed by atoms with E-state index in [9.17, 15) is 4.79 Å². The van der Waals surface area contributed by atoms with E-state index in [0.29, 0.717) is 11.4 Å². The Kier molecular flexibility index (Phi) is 3.06. The van der Waals surface area contributed by atoms with Gasteiger partial charge in [0.2, 0.25) is 0 Å². The molecule has 0 aliphatic carbocycles. The van der Waals surface area contributed by atoms with E-state index >= 15 is 0 Å². The number of amides is 1. The molecule has 1 amide bonds. The summed E-state index contributed by atoms with van der Waals surface area (Å²) in [4.78, 5) is 11.7. The van der Waals surface area contributed by atoms with Crippen molar-refractivity contribution in [2.75, 3.05) is 0 Å². The summed E-state index contributed by atoms with van der Waals surface area (Å²) in [5.41, 5.74) is 0.997. The number of carbonyl (C=O) groups is 1. The Hall–Kier alpha value is -1.22. The molecule has 0 spiro atoms. The number of fused-ring (bicyclic) bond motifs is 1. The van der Waals surface area contributed by atoms with Crippen LogP contribution in [0.15, 0.2) is 18.2 Å². The van der Waals surface area contributed by atoms with Gasteiger partial charge >= 0.3 is 0 Å². The average Bonchev–Trinajstić information content (AvgIpc) is 2.59. The van der Waals surface area contributed by atoms with Crippen molar-refractivity contribution in [2.24, 2.45) is 0 Å². The minimum absolute atomic E-state index is 0.0673. The minimum atomic E-state index is -0.420. The van der Waals surface area contributed by atoms with E-state index in [1.807, 2.05) is 19.9 Å². The number of halogens is 1. The Bertz CT molecular complexity index is 417. The molecule has 2 rings (SSSR count). The average molecular weight is 240 g/mol. The summed E-state index contributed by atoms with van der Waals surface area (Å²) in [7, 11) is 0. The molecular weight excluding hydrogens is 226 g/mol. The highest BCUT2D eigenvalue weighted by molar-refractivity contribution is 6.30. The second-order valence-corrected chi connectivity index (χ2v) is 4.66. The third-order valence-electron chi connectivity index (χ3n) is 2.42. The molecule has 1 aliphatic heterocycles. The second kappa shape index (κ2) is 4.34. The summed E-state index contributed by atoms with van der Waals surface area (Å²) >= 11 is 5.88. The van der Waals surface area contributed by atoms with E-state index in [4.69, 9.17) is 16.3 Å². The van der Waals surface area contributed by atoms with E-state index in [0.717, 1.165) is 11.3 Å².